The number of carbonyl (C=O) groups excluding carboxylic acids is 2. The molecule has 2 aromatic rings. The molecule has 35 heavy (non-hydrogen) atoms. The van der Waals surface area contributed by atoms with Gasteiger partial charge in [0, 0.05) is 16.8 Å². The molecular formula is C23H25ClN6O5. The van der Waals surface area contributed by atoms with Gasteiger partial charge in [-0.15, -0.1) is 5.10 Å². The highest BCUT2D eigenvalue weighted by atomic mass is 35.5. The van der Waals surface area contributed by atoms with E-state index in [9.17, 15) is 14.7 Å². The SMILES string of the molecule is O=C1NC(Nc2ccc(OC3=NNC(CO)C=C3)cc2)N(Cc2ccc(Cl)cc2)C(=O)N1CCO. The highest BCUT2D eigenvalue weighted by Gasteiger charge is 2.38. The van der Waals surface area contributed by atoms with Gasteiger partial charge in [-0.3, -0.25) is 15.6 Å². The number of ether oxygens (including phenoxy) is 1. The third kappa shape index (κ3) is 6.01. The molecule has 2 aliphatic rings. The van der Waals surface area contributed by atoms with Crippen LogP contribution in [0.1, 0.15) is 5.56 Å². The first-order valence-corrected chi connectivity index (χ1v) is 11.3. The molecule has 184 valence electrons. The van der Waals surface area contributed by atoms with Crippen molar-refractivity contribution in [2.45, 2.75) is 18.9 Å². The van der Waals surface area contributed by atoms with E-state index in [1.165, 1.54) is 4.90 Å². The van der Waals surface area contributed by atoms with Crippen LogP contribution in [-0.2, 0) is 6.54 Å². The van der Waals surface area contributed by atoms with Crippen molar-refractivity contribution in [2.75, 3.05) is 25.1 Å². The van der Waals surface area contributed by atoms with Crippen LogP contribution < -0.4 is 20.8 Å². The number of hydrazone groups is 1. The number of rotatable bonds is 8. The van der Waals surface area contributed by atoms with E-state index in [0.717, 1.165) is 10.5 Å². The van der Waals surface area contributed by atoms with Crippen molar-refractivity contribution < 1.29 is 24.5 Å². The summed E-state index contributed by atoms with van der Waals surface area (Å²) in [5, 5.41) is 28.9. The smallest absolute Gasteiger partial charge is 0.331 e. The fourth-order valence-corrected chi connectivity index (χ4v) is 3.59. The largest absolute Gasteiger partial charge is 0.438 e. The van der Waals surface area contributed by atoms with Gasteiger partial charge in [0.1, 0.15) is 5.75 Å². The Morgan fingerprint density at radius 2 is 1.83 bits per heavy atom. The van der Waals surface area contributed by atoms with Crippen molar-refractivity contribution in [3.63, 3.8) is 0 Å². The molecule has 1 fully saturated rings. The summed E-state index contributed by atoms with van der Waals surface area (Å²) in [6.07, 6.45) is 2.58. The topological polar surface area (TPSA) is 139 Å². The molecule has 0 saturated carbocycles. The van der Waals surface area contributed by atoms with Crippen LogP contribution in [0.3, 0.4) is 0 Å². The molecule has 2 atom stereocenters. The van der Waals surface area contributed by atoms with E-state index in [-0.39, 0.29) is 32.3 Å². The number of anilines is 1. The summed E-state index contributed by atoms with van der Waals surface area (Å²) in [6.45, 7) is -0.331. The fraction of sp³-hybridized carbons (Fsp3) is 0.261. The molecule has 4 amide bonds. The van der Waals surface area contributed by atoms with Gasteiger partial charge >= 0.3 is 12.1 Å². The molecule has 2 aliphatic heterocycles. The number of carbonyl (C=O) groups is 2. The van der Waals surface area contributed by atoms with E-state index in [1.54, 1.807) is 60.7 Å². The molecular weight excluding hydrogens is 476 g/mol. The maximum atomic E-state index is 13.1. The molecule has 12 heteroatoms. The van der Waals surface area contributed by atoms with Crippen LogP contribution in [0.4, 0.5) is 15.3 Å². The normalized spacial score (nSPS) is 19.7. The minimum Gasteiger partial charge on any atom is -0.438 e. The number of benzene rings is 2. The highest BCUT2D eigenvalue weighted by molar-refractivity contribution is 6.30. The van der Waals surface area contributed by atoms with Gasteiger partial charge in [-0.1, -0.05) is 29.8 Å². The van der Waals surface area contributed by atoms with Crippen molar-refractivity contribution in [2.24, 2.45) is 5.10 Å². The summed E-state index contributed by atoms with van der Waals surface area (Å²) in [5.41, 5.74) is 4.21. The number of nitrogens with zero attached hydrogens (tertiary/aromatic N) is 3. The lowest BCUT2D eigenvalue weighted by molar-refractivity contribution is 0.0992. The summed E-state index contributed by atoms with van der Waals surface area (Å²) < 4.78 is 5.69. The van der Waals surface area contributed by atoms with Gasteiger partial charge in [0.15, 0.2) is 6.29 Å². The second-order valence-corrected chi connectivity index (χ2v) is 8.20. The quantitative estimate of drug-likeness (QED) is 0.373. The Morgan fingerprint density at radius 3 is 2.46 bits per heavy atom. The van der Waals surface area contributed by atoms with Crippen LogP contribution in [0, 0.1) is 0 Å². The first-order chi connectivity index (χ1) is 17.0. The summed E-state index contributed by atoms with van der Waals surface area (Å²) in [4.78, 5) is 28.0. The van der Waals surface area contributed by atoms with Gasteiger partial charge in [-0.25, -0.2) is 14.5 Å². The monoisotopic (exact) mass is 500 g/mol. The lowest BCUT2D eigenvalue weighted by atomic mass is 10.2. The molecule has 2 heterocycles. The molecule has 0 aromatic heterocycles. The molecule has 5 N–H and O–H groups in total. The Kier molecular flexibility index (Phi) is 7.70. The van der Waals surface area contributed by atoms with Crippen molar-refractivity contribution in [1.82, 2.24) is 20.5 Å². The number of urea groups is 2. The standard InChI is InChI=1S/C23H25ClN6O5/c24-16-3-1-15(2-4-16)13-30-21(26-22(33)29(11-12-31)23(30)34)25-17-5-8-19(9-6-17)35-20-10-7-18(14-32)27-28-20/h1-10,18,21,25,27,31-32H,11-14H2,(H,26,33). The maximum Gasteiger partial charge on any atom is 0.331 e. The van der Waals surface area contributed by atoms with Gasteiger partial charge in [0.2, 0.25) is 5.90 Å². The number of nitrogens with one attached hydrogen (secondary N) is 3. The van der Waals surface area contributed by atoms with E-state index in [4.69, 9.17) is 21.4 Å². The summed E-state index contributed by atoms with van der Waals surface area (Å²) >= 11 is 5.97. The number of imide groups is 1. The maximum absolute atomic E-state index is 13.1. The van der Waals surface area contributed by atoms with Crippen LogP contribution in [0.5, 0.6) is 5.75 Å². The molecule has 2 unspecified atom stereocenters. The van der Waals surface area contributed by atoms with Crippen LogP contribution in [0.15, 0.2) is 65.8 Å². The van der Waals surface area contributed by atoms with Gasteiger partial charge in [-0.2, -0.15) is 0 Å². The molecule has 11 nitrogen and oxygen atoms in total. The van der Waals surface area contributed by atoms with E-state index >= 15 is 0 Å². The molecule has 1 saturated heterocycles. The molecule has 0 spiro atoms. The fourth-order valence-electron chi connectivity index (χ4n) is 3.46. The van der Waals surface area contributed by atoms with E-state index in [1.807, 2.05) is 0 Å². The van der Waals surface area contributed by atoms with E-state index in [2.05, 4.69) is 21.2 Å². The third-order valence-electron chi connectivity index (χ3n) is 5.27. The lowest BCUT2D eigenvalue weighted by Crippen LogP contribution is -2.67. The predicted octanol–water partition coefficient (Wildman–Crippen LogP) is 1.89. The summed E-state index contributed by atoms with van der Waals surface area (Å²) in [6, 6.07) is 12.6. The van der Waals surface area contributed by atoms with Gasteiger partial charge in [-0.05, 0) is 42.0 Å². The zero-order chi connectivity index (χ0) is 24.8. The molecule has 2 aromatic carbocycles. The third-order valence-corrected chi connectivity index (χ3v) is 5.52. The number of hydrogen-bond acceptors (Lipinski definition) is 8. The van der Waals surface area contributed by atoms with Crippen molar-refractivity contribution in [1.29, 1.82) is 0 Å². The summed E-state index contributed by atoms with van der Waals surface area (Å²) in [5.74, 6) is 0.873. The minimum absolute atomic E-state index is 0.0688. The molecule has 0 bridgehead atoms. The van der Waals surface area contributed by atoms with Crippen LogP contribution in [0.2, 0.25) is 5.02 Å². The first-order valence-electron chi connectivity index (χ1n) is 10.9. The van der Waals surface area contributed by atoms with Crippen LogP contribution >= 0.6 is 11.6 Å². The van der Waals surface area contributed by atoms with Crippen molar-refractivity contribution >= 4 is 35.2 Å². The highest BCUT2D eigenvalue weighted by Crippen LogP contribution is 2.21. The number of hydrogen-bond donors (Lipinski definition) is 5. The molecule has 0 radical (unpaired) electrons. The van der Waals surface area contributed by atoms with Gasteiger partial charge < -0.3 is 20.3 Å². The number of amides is 4. The second-order valence-electron chi connectivity index (χ2n) is 7.76. The van der Waals surface area contributed by atoms with Crippen molar-refractivity contribution in [3.8, 4) is 5.75 Å². The van der Waals surface area contributed by atoms with Gasteiger partial charge in [0.25, 0.3) is 0 Å². The first kappa shape index (κ1) is 24.3. The Labute approximate surface area is 206 Å². The Bertz CT molecular complexity index is 1110. The van der Waals surface area contributed by atoms with Crippen LogP contribution in [-0.4, -0.2) is 70.1 Å². The lowest BCUT2D eigenvalue weighted by Gasteiger charge is -2.41. The number of aliphatic hydroxyl groups is 2. The zero-order valence-electron chi connectivity index (χ0n) is 18.6. The predicted molar refractivity (Wildman–Crippen MR) is 130 cm³/mol. The second kappa shape index (κ2) is 11.1. The number of β-amino-alcohol motifs (C(OH)–C–C–N with tert-alkyl or cyclic N) is 1. The zero-order valence-corrected chi connectivity index (χ0v) is 19.4. The van der Waals surface area contributed by atoms with E-state index < -0.39 is 18.4 Å². The average molecular weight is 501 g/mol. The Hall–Kier alpha value is -3.80. The number of aliphatic hydroxyl groups excluding tert-OH is 2. The average Bonchev–Trinajstić information content (AvgIpc) is 2.87. The summed E-state index contributed by atoms with van der Waals surface area (Å²) in [7, 11) is 0. The van der Waals surface area contributed by atoms with Gasteiger partial charge in [0.05, 0.1) is 32.3 Å². The molecule has 4 rings (SSSR count). The van der Waals surface area contributed by atoms with Crippen LogP contribution in [0.25, 0.3) is 0 Å². The molecule has 0 aliphatic carbocycles. The minimum atomic E-state index is -0.836. The Morgan fingerprint density at radius 1 is 1.09 bits per heavy atom. The van der Waals surface area contributed by atoms with Crippen molar-refractivity contribution in [3.05, 3.63) is 71.3 Å². The number of halogens is 1. The van der Waals surface area contributed by atoms with E-state index in [0.29, 0.717) is 22.4 Å². The Balaban J connectivity index is 1.46.